The van der Waals surface area contributed by atoms with Crippen molar-refractivity contribution < 1.29 is 26.3 Å². The summed E-state index contributed by atoms with van der Waals surface area (Å²) in [6.45, 7) is 1.11. The van der Waals surface area contributed by atoms with Gasteiger partial charge in [0.15, 0.2) is 17.5 Å². The molecule has 2 aromatic rings. The number of alkyl halides is 3. The lowest BCUT2D eigenvalue weighted by Gasteiger charge is -2.16. The Morgan fingerprint density at radius 1 is 1.10 bits per heavy atom. The van der Waals surface area contributed by atoms with Gasteiger partial charge in [-0.05, 0) is 13.0 Å². The Bertz CT molecular complexity index is 693. The molecule has 0 aliphatic rings. The molecule has 8 heteroatoms. The van der Waals surface area contributed by atoms with Crippen LogP contribution in [0.2, 0.25) is 0 Å². The third kappa shape index (κ3) is 2.04. The third-order valence-corrected chi connectivity index (χ3v) is 2.88. The number of benzene rings is 1. The monoisotopic (exact) mass is 294 g/mol. The van der Waals surface area contributed by atoms with Crippen molar-refractivity contribution in [2.24, 2.45) is 0 Å². The molecule has 2 nitrogen and oxygen atoms in total. The molecule has 0 atom stereocenters. The first-order valence-corrected chi connectivity index (χ1v) is 5.41. The lowest BCUT2D eigenvalue weighted by atomic mass is 10.1. The summed E-state index contributed by atoms with van der Waals surface area (Å²) < 4.78 is 78.4. The molecular formula is C12H8F6N2. The first-order valence-electron chi connectivity index (χ1n) is 5.41. The van der Waals surface area contributed by atoms with Crippen LogP contribution in [0.25, 0.3) is 10.9 Å². The maximum absolute atomic E-state index is 13.6. The highest BCUT2D eigenvalue weighted by atomic mass is 19.4. The van der Waals surface area contributed by atoms with E-state index in [4.69, 9.17) is 0 Å². The molecule has 20 heavy (non-hydrogen) atoms. The summed E-state index contributed by atoms with van der Waals surface area (Å²) in [4.78, 5) is 3.11. The maximum Gasteiger partial charge on any atom is 0.433 e. The van der Waals surface area contributed by atoms with Crippen LogP contribution in [-0.2, 0) is 6.18 Å². The molecular weight excluding hydrogens is 286 g/mol. The predicted molar refractivity (Wildman–Crippen MR) is 60.9 cm³/mol. The Hall–Kier alpha value is -1.99. The summed E-state index contributed by atoms with van der Waals surface area (Å²) in [5.41, 5.74) is -2.69. The highest BCUT2D eigenvalue weighted by Gasteiger charge is 2.36. The van der Waals surface area contributed by atoms with Crippen LogP contribution in [0, 0.1) is 24.4 Å². The molecule has 1 heterocycles. The van der Waals surface area contributed by atoms with Crippen LogP contribution in [0.1, 0.15) is 11.3 Å². The fourth-order valence-electron chi connectivity index (χ4n) is 2.00. The Balaban J connectivity index is 3.00. The molecule has 1 aromatic carbocycles. The van der Waals surface area contributed by atoms with Gasteiger partial charge in [-0.25, -0.2) is 18.2 Å². The largest absolute Gasteiger partial charge is 0.433 e. The second-order valence-corrected chi connectivity index (χ2v) is 4.09. The zero-order chi connectivity index (χ0) is 15.2. The number of hydrogen-bond acceptors (Lipinski definition) is 2. The summed E-state index contributed by atoms with van der Waals surface area (Å²) in [6, 6.07) is 0.611. The number of pyridine rings is 1. The van der Waals surface area contributed by atoms with Gasteiger partial charge in [-0.2, -0.15) is 13.2 Å². The lowest BCUT2D eigenvalue weighted by molar-refractivity contribution is -0.141. The highest BCUT2D eigenvalue weighted by Crippen LogP contribution is 2.38. The fourth-order valence-corrected chi connectivity index (χ4v) is 2.00. The van der Waals surface area contributed by atoms with Crippen molar-refractivity contribution in [3.05, 3.63) is 34.8 Å². The van der Waals surface area contributed by atoms with E-state index in [1.165, 1.54) is 7.05 Å². The summed E-state index contributed by atoms with van der Waals surface area (Å²) in [6.07, 6.45) is -4.83. The minimum Gasteiger partial charge on any atom is -0.387 e. The van der Waals surface area contributed by atoms with Gasteiger partial charge in [-0.1, -0.05) is 0 Å². The van der Waals surface area contributed by atoms with Gasteiger partial charge >= 0.3 is 6.18 Å². The maximum atomic E-state index is 13.6. The van der Waals surface area contributed by atoms with Crippen molar-refractivity contribution in [2.75, 3.05) is 12.4 Å². The summed E-state index contributed by atoms with van der Waals surface area (Å²) in [5, 5.41) is 2.17. The molecule has 0 amide bonds. The van der Waals surface area contributed by atoms with Crippen LogP contribution in [0.5, 0.6) is 0 Å². The molecule has 0 radical (unpaired) electrons. The number of fused-ring (bicyclic) bond motifs is 1. The summed E-state index contributed by atoms with van der Waals surface area (Å²) >= 11 is 0. The zero-order valence-corrected chi connectivity index (χ0v) is 10.3. The molecule has 2 rings (SSSR count). The Morgan fingerprint density at radius 2 is 1.70 bits per heavy atom. The number of nitrogens with one attached hydrogen (secondary N) is 1. The molecule has 1 aromatic heterocycles. The fraction of sp³-hybridized carbons (Fsp3) is 0.250. The van der Waals surface area contributed by atoms with Gasteiger partial charge in [0, 0.05) is 23.7 Å². The average Bonchev–Trinajstić information content (AvgIpc) is 2.34. The van der Waals surface area contributed by atoms with Crippen LogP contribution in [0.3, 0.4) is 0 Å². The van der Waals surface area contributed by atoms with Gasteiger partial charge in [0.2, 0.25) is 0 Å². The van der Waals surface area contributed by atoms with Gasteiger partial charge in [-0.3, -0.25) is 0 Å². The van der Waals surface area contributed by atoms with E-state index < -0.39 is 34.8 Å². The van der Waals surface area contributed by atoms with Gasteiger partial charge in [0.1, 0.15) is 11.2 Å². The number of anilines is 1. The van der Waals surface area contributed by atoms with E-state index in [9.17, 15) is 26.3 Å². The van der Waals surface area contributed by atoms with Gasteiger partial charge in [0.25, 0.3) is 0 Å². The first-order chi connectivity index (χ1) is 9.18. The second-order valence-electron chi connectivity index (χ2n) is 4.09. The van der Waals surface area contributed by atoms with Crippen LogP contribution in [-0.4, -0.2) is 12.0 Å². The van der Waals surface area contributed by atoms with Crippen LogP contribution in [0.4, 0.5) is 32.0 Å². The molecule has 0 unspecified atom stereocenters. The number of nitrogens with zero attached hydrogens (tertiary/aromatic N) is 1. The zero-order valence-electron chi connectivity index (χ0n) is 10.3. The van der Waals surface area contributed by atoms with E-state index in [0.717, 1.165) is 6.92 Å². The first kappa shape index (κ1) is 14.4. The molecule has 0 fully saturated rings. The summed E-state index contributed by atoms with van der Waals surface area (Å²) in [7, 11) is 1.29. The van der Waals surface area contributed by atoms with E-state index in [1.54, 1.807) is 0 Å². The minimum atomic E-state index is -4.83. The number of halogens is 6. The molecule has 0 spiro atoms. The Morgan fingerprint density at radius 3 is 2.20 bits per heavy atom. The van der Waals surface area contributed by atoms with E-state index in [0.29, 0.717) is 6.07 Å². The third-order valence-electron chi connectivity index (χ3n) is 2.88. The Kier molecular flexibility index (Phi) is 3.27. The number of hydrogen-bond donors (Lipinski definition) is 1. The van der Waals surface area contributed by atoms with Crippen molar-refractivity contribution >= 4 is 16.6 Å². The quantitative estimate of drug-likeness (QED) is 0.634. The van der Waals surface area contributed by atoms with E-state index in [-0.39, 0.29) is 16.6 Å². The standard InChI is InChI=1S/C12H8F6N2/c1-4-9(19-2)5-3-6(13)7(14)8(15)10(5)20-11(4)12(16,17)18/h3H,1-2H3,(H,19,20). The van der Waals surface area contributed by atoms with Crippen molar-refractivity contribution in [2.45, 2.75) is 13.1 Å². The average molecular weight is 294 g/mol. The van der Waals surface area contributed by atoms with Crippen LogP contribution in [0.15, 0.2) is 6.07 Å². The molecule has 1 N–H and O–H groups in total. The van der Waals surface area contributed by atoms with Crippen molar-refractivity contribution in [1.29, 1.82) is 0 Å². The lowest BCUT2D eigenvalue weighted by Crippen LogP contribution is -2.13. The second kappa shape index (κ2) is 4.53. The number of aromatic nitrogens is 1. The Labute approximate surface area is 109 Å². The van der Waals surface area contributed by atoms with E-state index >= 15 is 0 Å². The SMILES string of the molecule is CNc1c(C)c(C(F)(F)F)nc2c(F)c(F)c(F)cc12. The normalized spacial score (nSPS) is 12.0. The van der Waals surface area contributed by atoms with Crippen LogP contribution >= 0.6 is 0 Å². The molecule has 0 bridgehead atoms. The van der Waals surface area contributed by atoms with E-state index in [1.807, 2.05) is 0 Å². The topological polar surface area (TPSA) is 24.9 Å². The molecule has 0 aliphatic heterocycles. The highest BCUT2D eigenvalue weighted by molar-refractivity contribution is 5.93. The van der Waals surface area contributed by atoms with Crippen molar-refractivity contribution in [1.82, 2.24) is 4.98 Å². The smallest absolute Gasteiger partial charge is 0.387 e. The van der Waals surface area contributed by atoms with Gasteiger partial charge < -0.3 is 5.32 Å². The molecule has 0 saturated carbocycles. The van der Waals surface area contributed by atoms with Crippen molar-refractivity contribution in [3.8, 4) is 0 Å². The molecule has 0 saturated heterocycles. The van der Waals surface area contributed by atoms with Gasteiger partial charge in [0.05, 0.1) is 0 Å². The van der Waals surface area contributed by atoms with Crippen LogP contribution < -0.4 is 5.32 Å². The van der Waals surface area contributed by atoms with E-state index in [2.05, 4.69) is 10.3 Å². The minimum absolute atomic E-state index is 0.153. The van der Waals surface area contributed by atoms with Gasteiger partial charge in [-0.15, -0.1) is 0 Å². The predicted octanol–water partition coefficient (Wildman–Crippen LogP) is 4.02. The summed E-state index contributed by atoms with van der Waals surface area (Å²) in [5.74, 6) is -5.10. The number of rotatable bonds is 1. The molecule has 108 valence electrons. The van der Waals surface area contributed by atoms with Crippen molar-refractivity contribution in [3.63, 3.8) is 0 Å². The molecule has 0 aliphatic carbocycles.